The Kier molecular flexibility index (Phi) is 5.55. The summed E-state index contributed by atoms with van der Waals surface area (Å²) in [6, 6.07) is 9.55. The first-order valence-electron chi connectivity index (χ1n) is 7.82. The Bertz CT molecular complexity index is 512. The van der Waals surface area contributed by atoms with Crippen molar-refractivity contribution in [1.82, 2.24) is 15.5 Å². The molecule has 0 bridgehead atoms. The molecule has 1 aromatic carbocycles. The predicted octanol–water partition coefficient (Wildman–Crippen LogP) is 1.46. The molecule has 0 unspecified atom stereocenters. The predicted molar refractivity (Wildman–Crippen MR) is 86.3 cm³/mol. The van der Waals surface area contributed by atoms with Crippen LogP contribution in [0.2, 0.25) is 0 Å². The Labute approximate surface area is 132 Å². The molecule has 120 valence electrons. The van der Waals surface area contributed by atoms with Gasteiger partial charge in [-0.3, -0.25) is 14.5 Å². The first-order valence-corrected chi connectivity index (χ1v) is 7.82. The minimum absolute atomic E-state index is 0.0338. The van der Waals surface area contributed by atoms with Crippen molar-refractivity contribution in [2.24, 2.45) is 0 Å². The number of benzene rings is 1. The van der Waals surface area contributed by atoms with E-state index in [-0.39, 0.29) is 24.4 Å². The number of carbonyl (C=O) groups excluding carboxylic acids is 2. The van der Waals surface area contributed by atoms with Crippen molar-refractivity contribution in [2.45, 2.75) is 44.8 Å². The molecule has 0 heterocycles. The third-order valence-electron chi connectivity index (χ3n) is 3.57. The minimum Gasteiger partial charge on any atom is -0.353 e. The normalized spacial score (nSPS) is 15.7. The Hall–Kier alpha value is -1.88. The Morgan fingerprint density at radius 1 is 1.23 bits per heavy atom. The van der Waals surface area contributed by atoms with Crippen LogP contribution in [0.3, 0.4) is 0 Å². The summed E-state index contributed by atoms with van der Waals surface area (Å²) in [6.45, 7) is 4.04. The van der Waals surface area contributed by atoms with Gasteiger partial charge in [-0.1, -0.05) is 30.3 Å². The lowest BCUT2D eigenvalue weighted by Crippen LogP contribution is -2.45. The van der Waals surface area contributed by atoms with Crippen LogP contribution in [-0.4, -0.2) is 42.4 Å². The zero-order chi connectivity index (χ0) is 16.1. The van der Waals surface area contributed by atoms with Crippen LogP contribution in [-0.2, 0) is 9.59 Å². The number of hydrogen-bond donors (Lipinski definition) is 2. The second-order valence-corrected chi connectivity index (χ2v) is 6.23. The highest BCUT2D eigenvalue weighted by molar-refractivity contribution is 5.85. The smallest absolute Gasteiger partial charge is 0.242 e. The molecule has 2 N–H and O–H groups in total. The molecule has 5 nitrogen and oxygen atoms in total. The number of nitrogens with one attached hydrogen (secondary N) is 2. The van der Waals surface area contributed by atoms with Gasteiger partial charge in [-0.05, 0) is 39.3 Å². The highest BCUT2D eigenvalue weighted by atomic mass is 16.2. The van der Waals surface area contributed by atoms with E-state index < -0.39 is 6.04 Å². The van der Waals surface area contributed by atoms with E-state index in [1.807, 2.05) is 51.2 Å². The summed E-state index contributed by atoms with van der Waals surface area (Å²) in [6.07, 6.45) is 2.09. The fourth-order valence-corrected chi connectivity index (χ4v) is 2.43. The van der Waals surface area contributed by atoms with Gasteiger partial charge in [0.15, 0.2) is 0 Å². The Balaban J connectivity index is 2.08. The van der Waals surface area contributed by atoms with Crippen LogP contribution in [0.5, 0.6) is 0 Å². The van der Waals surface area contributed by atoms with E-state index in [0.29, 0.717) is 6.04 Å². The van der Waals surface area contributed by atoms with E-state index in [0.717, 1.165) is 18.4 Å². The summed E-state index contributed by atoms with van der Waals surface area (Å²) >= 11 is 0. The largest absolute Gasteiger partial charge is 0.353 e. The van der Waals surface area contributed by atoms with Gasteiger partial charge in [-0.2, -0.15) is 0 Å². The molecule has 1 saturated carbocycles. The molecule has 1 fully saturated rings. The van der Waals surface area contributed by atoms with Gasteiger partial charge in [0.1, 0.15) is 6.04 Å². The monoisotopic (exact) mass is 303 g/mol. The fraction of sp³-hybridized carbons (Fsp3) is 0.529. The standard InChI is InChI=1S/C17H25N3O2/c1-12(2)18-15(21)11-20(3)16(13-7-5-4-6-8-13)17(22)19-14-9-10-14/h4-8,12,14,16H,9-11H2,1-3H3,(H,18,21)(H,19,22)/t16-/m1/s1. The van der Waals surface area contributed by atoms with Crippen molar-refractivity contribution in [2.75, 3.05) is 13.6 Å². The van der Waals surface area contributed by atoms with Crippen molar-refractivity contribution >= 4 is 11.8 Å². The zero-order valence-electron chi connectivity index (χ0n) is 13.5. The van der Waals surface area contributed by atoms with Crippen molar-refractivity contribution in [1.29, 1.82) is 0 Å². The quantitative estimate of drug-likeness (QED) is 0.802. The molecule has 22 heavy (non-hydrogen) atoms. The summed E-state index contributed by atoms with van der Waals surface area (Å²) in [5, 5.41) is 5.89. The van der Waals surface area contributed by atoms with E-state index in [4.69, 9.17) is 0 Å². The number of nitrogens with zero attached hydrogens (tertiary/aromatic N) is 1. The van der Waals surface area contributed by atoms with E-state index in [1.54, 1.807) is 4.90 Å². The number of hydrogen-bond acceptors (Lipinski definition) is 3. The van der Waals surface area contributed by atoms with Crippen LogP contribution in [0.4, 0.5) is 0 Å². The summed E-state index contributed by atoms with van der Waals surface area (Å²) in [5.41, 5.74) is 0.903. The zero-order valence-corrected chi connectivity index (χ0v) is 13.5. The highest BCUT2D eigenvalue weighted by Crippen LogP contribution is 2.24. The first-order chi connectivity index (χ1) is 10.5. The van der Waals surface area contributed by atoms with Crippen LogP contribution in [0.1, 0.15) is 38.3 Å². The maximum Gasteiger partial charge on any atom is 0.242 e. The topological polar surface area (TPSA) is 61.4 Å². The average molecular weight is 303 g/mol. The van der Waals surface area contributed by atoms with Gasteiger partial charge < -0.3 is 10.6 Å². The van der Waals surface area contributed by atoms with Crippen molar-refractivity contribution in [3.63, 3.8) is 0 Å². The van der Waals surface area contributed by atoms with Gasteiger partial charge in [-0.15, -0.1) is 0 Å². The summed E-state index contributed by atoms with van der Waals surface area (Å²) < 4.78 is 0. The van der Waals surface area contributed by atoms with Crippen molar-refractivity contribution in [3.05, 3.63) is 35.9 Å². The lowest BCUT2D eigenvalue weighted by Gasteiger charge is -2.27. The van der Waals surface area contributed by atoms with Gasteiger partial charge >= 0.3 is 0 Å². The SMILES string of the molecule is CC(C)NC(=O)CN(C)[C@@H](C(=O)NC1CC1)c1ccccc1. The number of likely N-dealkylation sites (N-methyl/N-ethyl adjacent to an activating group) is 1. The molecule has 0 aromatic heterocycles. The third kappa shape index (κ3) is 4.84. The molecule has 1 aliphatic carbocycles. The van der Waals surface area contributed by atoms with Crippen LogP contribution >= 0.6 is 0 Å². The highest BCUT2D eigenvalue weighted by Gasteiger charge is 2.31. The molecule has 2 amide bonds. The lowest BCUT2D eigenvalue weighted by atomic mass is 10.0. The summed E-state index contributed by atoms with van der Waals surface area (Å²) in [4.78, 5) is 26.3. The molecule has 0 spiro atoms. The second kappa shape index (κ2) is 7.40. The second-order valence-electron chi connectivity index (χ2n) is 6.23. The average Bonchev–Trinajstić information content (AvgIpc) is 3.22. The molecular weight excluding hydrogens is 278 g/mol. The van der Waals surface area contributed by atoms with Crippen molar-refractivity contribution in [3.8, 4) is 0 Å². The summed E-state index contributed by atoms with van der Waals surface area (Å²) in [7, 11) is 1.81. The molecule has 0 radical (unpaired) electrons. The molecule has 2 rings (SSSR count). The maximum atomic E-state index is 12.6. The van der Waals surface area contributed by atoms with E-state index in [2.05, 4.69) is 10.6 Å². The molecule has 1 atom stereocenters. The third-order valence-corrected chi connectivity index (χ3v) is 3.57. The molecule has 5 heteroatoms. The van der Waals surface area contributed by atoms with E-state index in [9.17, 15) is 9.59 Å². The molecule has 1 aliphatic rings. The molecule has 1 aromatic rings. The summed E-state index contributed by atoms with van der Waals surface area (Å²) in [5.74, 6) is -0.105. The minimum atomic E-state index is -0.445. The molecule has 0 saturated heterocycles. The fourth-order valence-electron chi connectivity index (χ4n) is 2.43. The van der Waals surface area contributed by atoms with Crippen LogP contribution in [0.15, 0.2) is 30.3 Å². The first kappa shape index (κ1) is 16.5. The van der Waals surface area contributed by atoms with Gasteiger partial charge in [-0.25, -0.2) is 0 Å². The van der Waals surface area contributed by atoms with Crippen LogP contribution < -0.4 is 10.6 Å². The Morgan fingerprint density at radius 2 is 1.86 bits per heavy atom. The number of amides is 2. The molecule has 0 aliphatic heterocycles. The molecular formula is C17H25N3O2. The van der Waals surface area contributed by atoms with Gasteiger partial charge in [0.05, 0.1) is 6.54 Å². The van der Waals surface area contributed by atoms with Crippen molar-refractivity contribution < 1.29 is 9.59 Å². The van der Waals surface area contributed by atoms with Gasteiger partial charge in [0.25, 0.3) is 0 Å². The number of carbonyl (C=O) groups is 2. The van der Waals surface area contributed by atoms with Gasteiger partial charge in [0.2, 0.25) is 11.8 Å². The number of rotatable bonds is 7. The lowest BCUT2D eigenvalue weighted by molar-refractivity contribution is -0.128. The van der Waals surface area contributed by atoms with Crippen LogP contribution in [0.25, 0.3) is 0 Å². The Morgan fingerprint density at radius 3 is 2.41 bits per heavy atom. The van der Waals surface area contributed by atoms with Crippen LogP contribution in [0, 0.1) is 0 Å². The van der Waals surface area contributed by atoms with Gasteiger partial charge in [0, 0.05) is 12.1 Å². The maximum absolute atomic E-state index is 12.6. The van der Waals surface area contributed by atoms with E-state index in [1.165, 1.54) is 0 Å². The van der Waals surface area contributed by atoms with E-state index >= 15 is 0 Å².